The van der Waals surface area contributed by atoms with Crippen LogP contribution in [0.2, 0.25) is 0 Å². The lowest BCUT2D eigenvalue weighted by molar-refractivity contribution is 0.0989. The summed E-state index contributed by atoms with van der Waals surface area (Å²) in [5.41, 5.74) is 0.660. The minimum absolute atomic E-state index is 0.0346. The molecule has 100 valence electrons. The summed E-state index contributed by atoms with van der Waals surface area (Å²) >= 11 is 6.77. The Balaban J connectivity index is 2.18. The molecule has 1 heterocycles. The standard InChI is InChI=1S/C13H13Br2N3O/c1-2-3-18-13(16-8-17-18)7-12(19)9-4-10(14)6-11(15)5-9/h4-6,8H,2-3,7H2,1H3. The smallest absolute Gasteiger partial charge is 0.170 e. The highest BCUT2D eigenvalue weighted by Gasteiger charge is 2.13. The van der Waals surface area contributed by atoms with E-state index in [-0.39, 0.29) is 12.2 Å². The van der Waals surface area contributed by atoms with E-state index < -0.39 is 0 Å². The molecule has 0 radical (unpaired) electrons. The van der Waals surface area contributed by atoms with Gasteiger partial charge in [-0.1, -0.05) is 38.8 Å². The number of ketones is 1. The number of carbonyl (C=O) groups is 1. The number of hydrogen-bond acceptors (Lipinski definition) is 3. The number of rotatable bonds is 5. The highest BCUT2D eigenvalue weighted by molar-refractivity contribution is 9.11. The zero-order valence-corrected chi connectivity index (χ0v) is 13.6. The molecule has 0 fully saturated rings. The SMILES string of the molecule is CCCn1ncnc1CC(=O)c1cc(Br)cc(Br)c1. The van der Waals surface area contributed by atoms with E-state index in [9.17, 15) is 4.79 Å². The molecule has 0 bridgehead atoms. The predicted molar refractivity (Wildman–Crippen MR) is 80.2 cm³/mol. The molecule has 6 heteroatoms. The summed E-state index contributed by atoms with van der Waals surface area (Å²) in [5, 5.41) is 4.12. The molecule has 0 saturated heterocycles. The number of aromatic nitrogens is 3. The number of nitrogens with zero attached hydrogens (tertiary/aromatic N) is 3. The maximum atomic E-state index is 12.3. The maximum Gasteiger partial charge on any atom is 0.170 e. The van der Waals surface area contributed by atoms with Crippen molar-refractivity contribution in [2.75, 3.05) is 0 Å². The first-order valence-corrected chi connectivity index (χ1v) is 7.54. The minimum Gasteiger partial charge on any atom is -0.294 e. The van der Waals surface area contributed by atoms with Gasteiger partial charge >= 0.3 is 0 Å². The largest absolute Gasteiger partial charge is 0.294 e. The fourth-order valence-electron chi connectivity index (χ4n) is 1.78. The fourth-order valence-corrected chi connectivity index (χ4v) is 3.08. The zero-order chi connectivity index (χ0) is 13.8. The van der Waals surface area contributed by atoms with Crippen LogP contribution in [0.3, 0.4) is 0 Å². The molecule has 0 aliphatic rings. The number of aryl methyl sites for hydroxylation is 1. The van der Waals surface area contributed by atoms with Gasteiger partial charge in [-0.3, -0.25) is 4.79 Å². The van der Waals surface area contributed by atoms with Crippen LogP contribution in [0.15, 0.2) is 33.5 Å². The van der Waals surface area contributed by atoms with Gasteiger partial charge in [0.2, 0.25) is 0 Å². The van der Waals surface area contributed by atoms with Crippen LogP contribution in [0.25, 0.3) is 0 Å². The van der Waals surface area contributed by atoms with Crippen LogP contribution in [-0.4, -0.2) is 20.5 Å². The van der Waals surface area contributed by atoms with Gasteiger partial charge in [0.1, 0.15) is 12.2 Å². The maximum absolute atomic E-state index is 12.3. The van der Waals surface area contributed by atoms with Crippen molar-refractivity contribution in [3.63, 3.8) is 0 Å². The lowest BCUT2D eigenvalue weighted by Gasteiger charge is -2.05. The van der Waals surface area contributed by atoms with E-state index in [1.54, 1.807) is 4.68 Å². The Morgan fingerprint density at radius 1 is 1.26 bits per heavy atom. The Kier molecular flexibility index (Phi) is 4.87. The second kappa shape index (κ2) is 6.43. The summed E-state index contributed by atoms with van der Waals surface area (Å²) in [7, 11) is 0. The van der Waals surface area contributed by atoms with E-state index in [0.717, 1.165) is 21.9 Å². The normalized spacial score (nSPS) is 10.7. The number of halogens is 2. The van der Waals surface area contributed by atoms with Crippen LogP contribution < -0.4 is 0 Å². The van der Waals surface area contributed by atoms with Crippen molar-refractivity contribution in [1.29, 1.82) is 0 Å². The summed E-state index contributed by atoms with van der Waals surface area (Å²) in [6, 6.07) is 5.53. The van der Waals surface area contributed by atoms with Gasteiger partial charge in [0.05, 0.1) is 6.42 Å². The van der Waals surface area contributed by atoms with Crippen molar-refractivity contribution < 1.29 is 4.79 Å². The van der Waals surface area contributed by atoms with Gasteiger partial charge in [0.15, 0.2) is 5.78 Å². The van der Waals surface area contributed by atoms with Crippen LogP contribution >= 0.6 is 31.9 Å². The zero-order valence-electron chi connectivity index (χ0n) is 10.4. The third-order valence-corrected chi connectivity index (χ3v) is 3.55. The Morgan fingerprint density at radius 2 is 1.95 bits per heavy atom. The van der Waals surface area contributed by atoms with E-state index in [1.165, 1.54) is 6.33 Å². The third-order valence-electron chi connectivity index (χ3n) is 2.63. The van der Waals surface area contributed by atoms with E-state index in [0.29, 0.717) is 11.4 Å². The first-order valence-electron chi connectivity index (χ1n) is 5.96. The van der Waals surface area contributed by atoms with Gasteiger partial charge in [0.25, 0.3) is 0 Å². The second-order valence-corrected chi connectivity index (χ2v) is 5.99. The van der Waals surface area contributed by atoms with Crippen molar-refractivity contribution in [2.24, 2.45) is 0 Å². The second-order valence-electron chi connectivity index (χ2n) is 4.16. The van der Waals surface area contributed by atoms with Crippen LogP contribution in [0, 0.1) is 0 Å². The van der Waals surface area contributed by atoms with Gasteiger partial charge in [-0.2, -0.15) is 5.10 Å². The Morgan fingerprint density at radius 3 is 2.58 bits per heavy atom. The summed E-state index contributed by atoms with van der Waals surface area (Å²) in [5.74, 6) is 0.746. The minimum atomic E-state index is 0.0346. The van der Waals surface area contributed by atoms with Crippen molar-refractivity contribution in [3.05, 3.63) is 44.9 Å². The average molecular weight is 387 g/mol. The predicted octanol–water partition coefficient (Wildman–Crippen LogP) is 3.64. The number of Topliss-reactive ketones (excluding diaryl/α,β-unsaturated/α-hetero) is 1. The van der Waals surface area contributed by atoms with Gasteiger partial charge in [-0.25, -0.2) is 9.67 Å². The molecule has 0 amide bonds. The molecular weight excluding hydrogens is 374 g/mol. The summed E-state index contributed by atoms with van der Waals surface area (Å²) in [4.78, 5) is 16.4. The van der Waals surface area contributed by atoms with E-state index in [2.05, 4.69) is 48.9 Å². The van der Waals surface area contributed by atoms with Crippen molar-refractivity contribution in [1.82, 2.24) is 14.8 Å². The highest BCUT2D eigenvalue weighted by atomic mass is 79.9. The molecule has 0 atom stereocenters. The summed E-state index contributed by atoms with van der Waals surface area (Å²) in [6.45, 7) is 2.85. The molecule has 0 N–H and O–H groups in total. The topological polar surface area (TPSA) is 47.8 Å². The van der Waals surface area contributed by atoms with Crippen molar-refractivity contribution in [3.8, 4) is 0 Å². The Bertz CT molecular complexity index is 575. The lowest BCUT2D eigenvalue weighted by Crippen LogP contribution is -2.11. The summed E-state index contributed by atoms with van der Waals surface area (Å²) in [6.07, 6.45) is 2.73. The first kappa shape index (κ1) is 14.4. The molecule has 2 rings (SSSR count). The first-order chi connectivity index (χ1) is 9.10. The number of carbonyl (C=O) groups excluding carboxylic acids is 1. The van der Waals surface area contributed by atoms with E-state index >= 15 is 0 Å². The molecular formula is C13H13Br2N3O. The van der Waals surface area contributed by atoms with Gasteiger partial charge in [0, 0.05) is 21.1 Å². The van der Waals surface area contributed by atoms with Crippen LogP contribution in [0.1, 0.15) is 29.5 Å². The summed E-state index contributed by atoms with van der Waals surface area (Å²) < 4.78 is 3.53. The fraction of sp³-hybridized carbons (Fsp3) is 0.308. The molecule has 4 nitrogen and oxygen atoms in total. The lowest BCUT2D eigenvalue weighted by atomic mass is 10.1. The third kappa shape index (κ3) is 3.73. The molecule has 2 aromatic rings. The van der Waals surface area contributed by atoms with E-state index in [1.807, 2.05) is 18.2 Å². The molecule has 0 saturated carbocycles. The molecule has 1 aromatic heterocycles. The quantitative estimate of drug-likeness (QED) is 0.737. The van der Waals surface area contributed by atoms with Gasteiger partial charge in [-0.05, 0) is 24.6 Å². The van der Waals surface area contributed by atoms with Gasteiger partial charge in [-0.15, -0.1) is 0 Å². The van der Waals surface area contributed by atoms with Crippen LogP contribution in [0.5, 0.6) is 0 Å². The van der Waals surface area contributed by atoms with Crippen molar-refractivity contribution in [2.45, 2.75) is 26.3 Å². The van der Waals surface area contributed by atoms with Crippen LogP contribution in [-0.2, 0) is 13.0 Å². The molecule has 0 aliphatic heterocycles. The number of benzene rings is 1. The average Bonchev–Trinajstić information content (AvgIpc) is 2.76. The molecule has 1 aromatic carbocycles. The molecule has 0 unspecified atom stereocenters. The number of hydrogen-bond donors (Lipinski definition) is 0. The highest BCUT2D eigenvalue weighted by Crippen LogP contribution is 2.21. The van der Waals surface area contributed by atoms with Crippen LogP contribution in [0.4, 0.5) is 0 Å². The van der Waals surface area contributed by atoms with Gasteiger partial charge < -0.3 is 0 Å². The molecule has 0 aliphatic carbocycles. The molecule has 19 heavy (non-hydrogen) atoms. The Labute approximate surface area is 128 Å². The van der Waals surface area contributed by atoms with E-state index in [4.69, 9.17) is 0 Å². The van der Waals surface area contributed by atoms with Crippen molar-refractivity contribution >= 4 is 37.6 Å². The Hall–Kier alpha value is -1.01. The molecule has 0 spiro atoms. The monoisotopic (exact) mass is 385 g/mol.